The molecule has 0 spiro atoms. The predicted octanol–water partition coefficient (Wildman–Crippen LogP) is 4.42. The molecule has 5 nitrogen and oxygen atoms in total. The normalized spacial score (nSPS) is 20.7. The third-order valence-corrected chi connectivity index (χ3v) is 6.00. The molecule has 152 valence electrons. The molecule has 0 aliphatic heterocycles. The summed E-state index contributed by atoms with van der Waals surface area (Å²) in [6.45, 7) is 0. The van der Waals surface area contributed by atoms with Gasteiger partial charge in [-0.05, 0) is 54.7 Å². The highest BCUT2D eigenvalue weighted by Gasteiger charge is 2.46. The van der Waals surface area contributed by atoms with E-state index in [-0.39, 0.29) is 40.3 Å². The van der Waals surface area contributed by atoms with Gasteiger partial charge in [0.05, 0.1) is 16.7 Å². The first-order valence-electron chi connectivity index (χ1n) is 9.26. The summed E-state index contributed by atoms with van der Waals surface area (Å²) in [5.74, 6) is -2.11. The second-order valence-electron chi connectivity index (χ2n) is 7.54. The number of nitrogens with one attached hydrogen (secondary N) is 1. The Morgan fingerprint density at radius 1 is 1.14 bits per heavy atom. The Morgan fingerprint density at radius 2 is 1.86 bits per heavy atom. The van der Waals surface area contributed by atoms with E-state index in [2.05, 4.69) is 5.32 Å². The van der Waals surface area contributed by atoms with E-state index in [0.29, 0.717) is 11.1 Å². The summed E-state index contributed by atoms with van der Waals surface area (Å²) in [7, 11) is 0. The van der Waals surface area contributed by atoms with E-state index >= 15 is 0 Å². The van der Waals surface area contributed by atoms with Crippen molar-refractivity contribution in [3.63, 3.8) is 0 Å². The van der Waals surface area contributed by atoms with E-state index in [4.69, 9.17) is 27.9 Å². The molecule has 2 aliphatic rings. The first-order valence-corrected chi connectivity index (χ1v) is 10.0. The first kappa shape index (κ1) is 20.0. The number of amides is 1. The minimum absolute atomic E-state index is 0.0196. The molecule has 2 N–H and O–H groups in total. The molecular weight excluding hydrogens is 420 g/mol. The lowest BCUT2D eigenvalue weighted by Gasteiger charge is -2.29. The number of ether oxygens (including phenoxy) is 1. The Kier molecular flexibility index (Phi) is 5.17. The Labute approximate surface area is 176 Å². The number of hydrogen-bond acceptors (Lipinski definition) is 3. The zero-order valence-electron chi connectivity index (χ0n) is 15.3. The van der Waals surface area contributed by atoms with Crippen LogP contribution in [0.15, 0.2) is 30.3 Å². The average molecular weight is 438 g/mol. The number of fused-ring (bicyclic) bond motifs is 1. The molecule has 4 rings (SSSR count). The maximum Gasteiger partial charge on any atom is 0.330 e. The van der Waals surface area contributed by atoms with E-state index in [1.165, 1.54) is 24.3 Å². The van der Waals surface area contributed by atoms with Crippen LogP contribution in [0, 0.1) is 5.82 Å². The molecular formula is C21H18Cl2FNO4. The van der Waals surface area contributed by atoms with Crippen LogP contribution in [0.5, 0.6) is 5.75 Å². The van der Waals surface area contributed by atoms with Crippen molar-refractivity contribution in [3.8, 4) is 5.75 Å². The molecule has 1 unspecified atom stereocenters. The van der Waals surface area contributed by atoms with Gasteiger partial charge >= 0.3 is 5.97 Å². The van der Waals surface area contributed by atoms with Crippen molar-refractivity contribution in [3.05, 3.63) is 62.9 Å². The minimum atomic E-state index is -1.59. The summed E-state index contributed by atoms with van der Waals surface area (Å²) < 4.78 is 19.4. The van der Waals surface area contributed by atoms with E-state index in [1.54, 1.807) is 6.07 Å². The quantitative estimate of drug-likeness (QED) is 0.725. The van der Waals surface area contributed by atoms with Crippen LogP contribution in [0.25, 0.3) is 0 Å². The van der Waals surface area contributed by atoms with E-state index in [0.717, 1.165) is 19.3 Å². The molecule has 1 saturated carbocycles. The fourth-order valence-corrected chi connectivity index (χ4v) is 4.26. The summed E-state index contributed by atoms with van der Waals surface area (Å²) in [5.41, 5.74) is -0.264. The number of benzene rings is 2. The second-order valence-corrected chi connectivity index (χ2v) is 8.39. The summed E-state index contributed by atoms with van der Waals surface area (Å²) in [5, 5.41) is 12.9. The highest BCUT2D eigenvalue weighted by atomic mass is 35.5. The molecule has 0 bridgehead atoms. The summed E-state index contributed by atoms with van der Waals surface area (Å²) in [6, 6.07) is 7.01. The Bertz CT molecular complexity index is 1010. The van der Waals surface area contributed by atoms with Gasteiger partial charge in [0.25, 0.3) is 5.91 Å². The smallest absolute Gasteiger partial charge is 0.330 e. The standard InChI is InChI=1S/C21H18Cl2FNO4/c22-13-7-16(18(17(23)8-13)29-15-2-1-3-15)19(26)25-21(20(27)28)9-11-4-5-14(24)6-12(11)10-21/h4-8,15H,1-3,9-10H2,(H,25,26)(H,27,28). The fourth-order valence-electron chi connectivity index (χ4n) is 3.73. The topological polar surface area (TPSA) is 75.6 Å². The van der Waals surface area contributed by atoms with Crippen molar-refractivity contribution in [2.45, 2.75) is 43.7 Å². The van der Waals surface area contributed by atoms with Crippen molar-refractivity contribution in [1.29, 1.82) is 0 Å². The molecule has 1 amide bonds. The van der Waals surface area contributed by atoms with Gasteiger partial charge < -0.3 is 15.2 Å². The van der Waals surface area contributed by atoms with Crippen LogP contribution < -0.4 is 10.1 Å². The molecule has 2 aliphatic carbocycles. The number of hydrogen-bond donors (Lipinski definition) is 2. The van der Waals surface area contributed by atoms with Crippen molar-refractivity contribution in [1.82, 2.24) is 5.32 Å². The molecule has 0 saturated heterocycles. The maximum atomic E-state index is 13.6. The van der Waals surface area contributed by atoms with Gasteiger partial charge in [-0.1, -0.05) is 29.3 Å². The molecule has 8 heteroatoms. The lowest BCUT2D eigenvalue weighted by atomic mass is 9.94. The summed E-state index contributed by atoms with van der Waals surface area (Å²) in [4.78, 5) is 25.2. The van der Waals surface area contributed by atoms with Crippen LogP contribution in [0.2, 0.25) is 10.0 Å². The van der Waals surface area contributed by atoms with Gasteiger partial charge in [0.2, 0.25) is 0 Å². The molecule has 2 aromatic carbocycles. The number of halogens is 3. The predicted molar refractivity (Wildman–Crippen MR) is 106 cm³/mol. The number of carboxylic acid groups (broad SMARTS) is 1. The van der Waals surface area contributed by atoms with E-state index in [9.17, 15) is 19.1 Å². The molecule has 29 heavy (non-hydrogen) atoms. The summed E-state index contributed by atoms with van der Waals surface area (Å²) >= 11 is 12.3. The van der Waals surface area contributed by atoms with Crippen LogP contribution in [-0.2, 0) is 17.6 Å². The van der Waals surface area contributed by atoms with Gasteiger partial charge in [0, 0.05) is 17.9 Å². The average Bonchev–Trinajstić information content (AvgIpc) is 2.97. The number of carboxylic acids is 1. The Morgan fingerprint density at radius 3 is 2.52 bits per heavy atom. The largest absolute Gasteiger partial charge is 0.488 e. The highest BCUT2D eigenvalue weighted by Crippen LogP contribution is 2.37. The summed E-state index contributed by atoms with van der Waals surface area (Å²) in [6.07, 6.45) is 2.76. The minimum Gasteiger partial charge on any atom is -0.488 e. The third kappa shape index (κ3) is 3.79. The van der Waals surface area contributed by atoms with Crippen molar-refractivity contribution in [2.24, 2.45) is 0 Å². The van der Waals surface area contributed by atoms with Gasteiger partial charge in [0.1, 0.15) is 11.4 Å². The van der Waals surface area contributed by atoms with E-state index < -0.39 is 23.2 Å². The van der Waals surface area contributed by atoms with Gasteiger partial charge in [-0.25, -0.2) is 9.18 Å². The Hall–Kier alpha value is -2.31. The fraction of sp³-hybridized carbons (Fsp3) is 0.333. The van der Waals surface area contributed by atoms with Crippen LogP contribution in [-0.4, -0.2) is 28.6 Å². The highest BCUT2D eigenvalue weighted by molar-refractivity contribution is 6.36. The van der Waals surface area contributed by atoms with Crippen molar-refractivity contribution < 1.29 is 23.8 Å². The lowest BCUT2D eigenvalue weighted by molar-refractivity contribution is -0.144. The number of carbonyl (C=O) groups is 2. The molecule has 0 radical (unpaired) electrons. The van der Waals surface area contributed by atoms with Gasteiger partial charge in [-0.15, -0.1) is 0 Å². The molecule has 2 aromatic rings. The zero-order chi connectivity index (χ0) is 20.8. The Balaban J connectivity index is 1.65. The SMILES string of the molecule is O=C(NC1(C(=O)O)Cc2ccc(F)cc2C1)c1cc(Cl)cc(Cl)c1OC1CCC1. The van der Waals surface area contributed by atoms with Gasteiger partial charge in [-0.2, -0.15) is 0 Å². The van der Waals surface area contributed by atoms with E-state index in [1.807, 2.05) is 0 Å². The molecule has 1 fully saturated rings. The first-order chi connectivity index (χ1) is 13.8. The molecule has 1 atom stereocenters. The molecule has 0 aromatic heterocycles. The number of rotatable bonds is 5. The van der Waals surface area contributed by atoms with Crippen LogP contribution in [0.3, 0.4) is 0 Å². The maximum absolute atomic E-state index is 13.6. The van der Waals surface area contributed by atoms with Crippen LogP contribution in [0.1, 0.15) is 40.7 Å². The number of carbonyl (C=O) groups excluding carboxylic acids is 1. The zero-order valence-corrected chi connectivity index (χ0v) is 16.8. The van der Waals surface area contributed by atoms with Crippen LogP contribution >= 0.6 is 23.2 Å². The number of aliphatic carboxylic acids is 1. The van der Waals surface area contributed by atoms with Crippen LogP contribution in [0.4, 0.5) is 4.39 Å². The monoisotopic (exact) mass is 437 g/mol. The second kappa shape index (κ2) is 7.50. The third-order valence-electron chi connectivity index (χ3n) is 5.50. The lowest BCUT2D eigenvalue weighted by Crippen LogP contribution is -2.55. The molecule has 0 heterocycles. The van der Waals surface area contributed by atoms with Crippen molar-refractivity contribution >= 4 is 35.1 Å². The van der Waals surface area contributed by atoms with Crippen molar-refractivity contribution in [2.75, 3.05) is 0 Å². The van der Waals surface area contributed by atoms with Gasteiger partial charge in [0.15, 0.2) is 5.75 Å². The van der Waals surface area contributed by atoms with Gasteiger partial charge in [-0.3, -0.25) is 4.79 Å².